The van der Waals surface area contributed by atoms with Gasteiger partial charge in [0.15, 0.2) is 0 Å². The summed E-state index contributed by atoms with van der Waals surface area (Å²) in [7, 11) is 0. The van der Waals surface area contributed by atoms with Crippen molar-refractivity contribution in [1.82, 2.24) is 5.32 Å². The fraction of sp³-hybridized carbons (Fsp3) is 0.562. The minimum Gasteiger partial charge on any atom is -0.466 e. The van der Waals surface area contributed by atoms with Gasteiger partial charge in [-0.3, -0.25) is 4.79 Å². The van der Waals surface area contributed by atoms with Crippen LogP contribution < -0.4 is 5.32 Å². The van der Waals surface area contributed by atoms with Gasteiger partial charge in [-0.25, -0.2) is 0 Å². The second kappa shape index (κ2) is 6.75. The van der Waals surface area contributed by atoms with E-state index in [1.165, 1.54) is 0 Å². The Labute approximate surface area is 119 Å². The van der Waals surface area contributed by atoms with Gasteiger partial charge in [0.25, 0.3) is 0 Å². The van der Waals surface area contributed by atoms with Crippen LogP contribution in [0.5, 0.6) is 0 Å². The van der Waals surface area contributed by atoms with Crippen LogP contribution in [0.25, 0.3) is 0 Å². The summed E-state index contributed by atoms with van der Waals surface area (Å²) in [5.41, 5.74) is 0.817. The molecule has 0 radical (unpaired) electrons. The second-order valence-electron chi connectivity index (χ2n) is 5.45. The number of hydrogen-bond donors (Lipinski definition) is 2. The number of allylic oxidation sites excluding steroid dienone is 2. The van der Waals surface area contributed by atoms with E-state index in [9.17, 15) is 9.90 Å². The topological polar surface area (TPSA) is 62.5 Å². The third-order valence-corrected chi connectivity index (χ3v) is 3.80. The molecule has 2 N–H and O–H groups in total. The van der Waals surface area contributed by atoms with Crippen LogP contribution in [-0.4, -0.2) is 17.6 Å². The Morgan fingerprint density at radius 1 is 1.50 bits per heavy atom. The molecule has 1 amide bonds. The normalized spacial score (nSPS) is 19.9. The largest absolute Gasteiger partial charge is 0.466 e. The van der Waals surface area contributed by atoms with Crippen molar-refractivity contribution in [2.24, 2.45) is 5.92 Å². The number of carbonyl (C=O) groups is 1. The van der Waals surface area contributed by atoms with Gasteiger partial charge in [0.1, 0.15) is 11.5 Å². The number of aliphatic hydroxyl groups excluding tert-OH is 1. The molecule has 1 aromatic heterocycles. The zero-order valence-electron chi connectivity index (χ0n) is 12.2. The third kappa shape index (κ3) is 3.73. The molecule has 20 heavy (non-hydrogen) atoms. The van der Waals surface area contributed by atoms with Crippen LogP contribution in [0.4, 0.5) is 0 Å². The summed E-state index contributed by atoms with van der Waals surface area (Å²) in [5.74, 6) is 1.74. The molecule has 1 aliphatic rings. The maximum atomic E-state index is 11.9. The number of amides is 1. The van der Waals surface area contributed by atoms with Crippen molar-refractivity contribution < 1.29 is 14.3 Å². The van der Waals surface area contributed by atoms with E-state index in [0.717, 1.165) is 36.3 Å². The first-order chi connectivity index (χ1) is 9.58. The lowest BCUT2D eigenvalue weighted by atomic mass is 9.93. The number of rotatable bonds is 5. The molecule has 4 nitrogen and oxygen atoms in total. The lowest BCUT2D eigenvalue weighted by Gasteiger charge is -2.18. The Morgan fingerprint density at radius 3 is 2.90 bits per heavy atom. The Balaban J connectivity index is 1.76. The minimum atomic E-state index is -0.584. The maximum Gasteiger partial charge on any atom is 0.223 e. The predicted octanol–water partition coefficient (Wildman–Crippen LogP) is 2.79. The molecule has 0 aromatic carbocycles. The van der Waals surface area contributed by atoms with Gasteiger partial charge in [0.05, 0.1) is 6.10 Å². The van der Waals surface area contributed by atoms with Crippen molar-refractivity contribution in [3.8, 4) is 0 Å². The minimum absolute atomic E-state index is 0.0926. The van der Waals surface area contributed by atoms with Crippen molar-refractivity contribution in [2.45, 2.75) is 45.6 Å². The van der Waals surface area contributed by atoms with Gasteiger partial charge in [-0.05, 0) is 45.6 Å². The molecule has 0 unspecified atom stereocenters. The van der Waals surface area contributed by atoms with E-state index in [-0.39, 0.29) is 11.8 Å². The molecule has 1 heterocycles. The molecular formula is C16H23NO3. The molecule has 0 aliphatic heterocycles. The predicted molar refractivity (Wildman–Crippen MR) is 77.2 cm³/mol. The standard InChI is InChI=1S/C16H23NO3/c1-11-10-14(12(2)20-11)15(18)8-9-17-16(19)13-6-4-3-5-7-13/h3-4,10,13,15,18H,5-9H2,1-2H3,(H,17,19)/t13-,15-/m1/s1. The lowest BCUT2D eigenvalue weighted by molar-refractivity contribution is -0.125. The summed E-state index contributed by atoms with van der Waals surface area (Å²) in [5, 5.41) is 13.0. The highest BCUT2D eigenvalue weighted by molar-refractivity contribution is 5.78. The third-order valence-electron chi connectivity index (χ3n) is 3.80. The van der Waals surface area contributed by atoms with Gasteiger partial charge >= 0.3 is 0 Å². The molecule has 4 heteroatoms. The molecular weight excluding hydrogens is 254 g/mol. The van der Waals surface area contributed by atoms with Crippen LogP contribution in [0.1, 0.15) is 48.9 Å². The maximum absolute atomic E-state index is 11.9. The second-order valence-corrected chi connectivity index (χ2v) is 5.45. The average Bonchev–Trinajstić information content (AvgIpc) is 2.78. The lowest BCUT2D eigenvalue weighted by Crippen LogP contribution is -2.32. The first-order valence-electron chi connectivity index (χ1n) is 7.25. The van der Waals surface area contributed by atoms with Gasteiger partial charge in [0, 0.05) is 18.0 Å². The molecule has 1 aromatic rings. The summed E-state index contributed by atoms with van der Waals surface area (Å²) >= 11 is 0. The van der Waals surface area contributed by atoms with E-state index in [2.05, 4.69) is 17.5 Å². The van der Waals surface area contributed by atoms with Crippen molar-refractivity contribution in [2.75, 3.05) is 6.54 Å². The number of carbonyl (C=O) groups excluding carboxylic acids is 1. The van der Waals surface area contributed by atoms with Crippen molar-refractivity contribution >= 4 is 5.91 Å². The van der Waals surface area contributed by atoms with Crippen LogP contribution in [0.3, 0.4) is 0 Å². The number of hydrogen-bond acceptors (Lipinski definition) is 3. The van der Waals surface area contributed by atoms with E-state index >= 15 is 0 Å². The number of nitrogens with one attached hydrogen (secondary N) is 1. The smallest absolute Gasteiger partial charge is 0.223 e. The van der Waals surface area contributed by atoms with Gasteiger partial charge in [-0.1, -0.05) is 12.2 Å². The quantitative estimate of drug-likeness (QED) is 0.813. The van der Waals surface area contributed by atoms with Gasteiger partial charge in [-0.15, -0.1) is 0 Å². The van der Waals surface area contributed by atoms with Crippen LogP contribution in [0.15, 0.2) is 22.6 Å². The molecule has 1 aliphatic carbocycles. The Morgan fingerprint density at radius 2 is 2.30 bits per heavy atom. The molecule has 0 fully saturated rings. The van der Waals surface area contributed by atoms with Crippen molar-refractivity contribution in [3.05, 3.63) is 35.3 Å². The van der Waals surface area contributed by atoms with E-state index in [0.29, 0.717) is 13.0 Å². The molecule has 0 saturated carbocycles. The molecule has 0 spiro atoms. The Bertz CT molecular complexity index is 490. The highest BCUT2D eigenvalue weighted by Gasteiger charge is 2.19. The molecule has 0 bridgehead atoms. The van der Waals surface area contributed by atoms with Gasteiger partial charge in [-0.2, -0.15) is 0 Å². The summed E-state index contributed by atoms with van der Waals surface area (Å²) in [4.78, 5) is 11.9. The van der Waals surface area contributed by atoms with Crippen LogP contribution in [-0.2, 0) is 4.79 Å². The highest BCUT2D eigenvalue weighted by atomic mass is 16.3. The first-order valence-corrected chi connectivity index (χ1v) is 7.25. The number of aliphatic hydroxyl groups is 1. The van der Waals surface area contributed by atoms with Crippen LogP contribution in [0, 0.1) is 19.8 Å². The molecule has 2 atom stereocenters. The zero-order valence-corrected chi connectivity index (χ0v) is 12.2. The van der Waals surface area contributed by atoms with E-state index in [1.54, 1.807) is 0 Å². The highest BCUT2D eigenvalue weighted by Crippen LogP contribution is 2.23. The van der Waals surface area contributed by atoms with Gasteiger partial charge < -0.3 is 14.8 Å². The number of furan rings is 1. The van der Waals surface area contributed by atoms with Crippen molar-refractivity contribution in [1.29, 1.82) is 0 Å². The molecule has 110 valence electrons. The fourth-order valence-corrected chi connectivity index (χ4v) is 2.64. The summed E-state index contributed by atoms with van der Waals surface area (Å²) in [6.07, 6.45) is 6.85. The fourth-order valence-electron chi connectivity index (χ4n) is 2.64. The SMILES string of the molecule is Cc1cc([C@H](O)CCNC(=O)[C@@H]2CC=CCC2)c(C)o1. The summed E-state index contributed by atoms with van der Waals surface area (Å²) in [6, 6.07) is 1.85. The molecule has 2 rings (SSSR count). The van der Waals surface area contributed by atoms with E-state index in [4.69, 9.17) is 4.42 Å². The zero-order chi connectivity index (χ0) is 14.5. The van der Waals surface area contributed by atoms with E-state index < -0.39 is 6.10 Å². The Kier molecular flexibility index (Phi) is 5.01. The Hall–Kier alpha value is -1.55. The summed E-state index contributed by atoms with van der Waals surface area (Å²) in [6.45, 7) is 4.20. The van der Waals surface area contributed by atoms with E-state index in [1.807, 2.05) is 19.9 Å². The molecule has 0 saturated heterocycles. The van der Waals surface area contributed by atoms with Crippen LogP contribution in [0.2, 0.25) is 0 Å². The van der Waals surface area contributed by atoms with Crippen LogP contribution >= 0.6 is 0 Å². The summed E-state index contributed by atoms with van der Waals surface area (Å²) < 4.78 is 5.40. The first kappa shape index (κ1) is 14.9. The number of aryl methyl sites for hydroxylation is 2. The van der Waals surface area contributed by atoms with Crippen molar-refractivity contribution in [3.63, 3.8) is 0 Å². The van der Waals surface area contributed by atoms with Gasteiger partial charge in [0.2, 0.25) is 5.91 Å². The average molecular weight is 277 g/mol. The monoisotopic (exact) mass is 277 g/mol.